The third-order valence-electron chi connectivity index (χ3n) is 12.5. The fraction of sp³-hybridized carbons (Fsp3) is 0.254. The highest BCUT2D eigenvalue weighted by Crippen LogP contribution is 2.41. The van der Waals surface area contributed by atoms with E-state index in [1.807, 2.05) is 95.3 Å². The minimum atomic E-state index is -0.744. The lowest BCUT2D eigenvalue weighted by Crippen LogP contribution is -2.40. The zero-order chi connectivity index (χ0) is 50.5. The average molecular weight is 954 g/mol. The smallest absolute Gasteiger partial charge is 0.343 e. The van der Waals surface area contributed by atoms with E-state index >= 15 is 0 Å². The molecule has 0 aromatic heterocycles. The summed E-state index contributed by atoms with van der Waals surface area (Å²) in [5.41, 5.74) is 3.21. The van der Waals surface area contributed by atoms with Crippen LogP contribution in [0.1, 0.15) is 93.5 Å². The van der Waals surface area contributed by atoms with E-state index in [4.69, 9.17) is 23.7 Å². The molecule has 7 aromatic rings. The average Bonchev–Trinajstić information content (AvgIpc) is 3.36. The van der Waals surface area contributed by atoms with Crippen LogP contribution in [0.15, 0.2) is 168 Å². The van der Waals surface area contributed by atoms with Crippen molar-refractivity contribution in [3.8, 4) is 23.0 Å². The molecule has 0 aliphatic rings. The number of benzene rings is 7. The summed E-state index contributed by atoms with van der Waals surface area (Å²) in [5, 5.41) is 15.7. The van der Waals surface area contributed by atoms with E-state index in [0.29, 0.717) is 81.6 Å². The molecule has 1 N–H and O–H groups in total. The highest BCUT2D eigenvalue weighted by atomic mass is 16.5. The fourth-order valence-electron chi connectivity index (χ4n) is 7.18. The van der Waals surface area contributed by atoms with Crippen LogP contribution in [0.4, 0.5) is 17.1 Å². The van der Waals surface area contributed by atoms with Crippen molar-refractivity contribution in [3.63, 3.8) is 0 Å². The van der Waals surface area contributed by atoms with Gasteiger partial charge in [0.25, 0.3) is 0 Å². The van der Waals surface area contributed by atoms with Crippen molar-refractivity contribution in [1.82, 2.24) is 0 Å². The molecule has 0 unspecified atom stereocenters. The number of anilines is 1. The van der Waals surface area contributed by atoms with Crippen molar-refractivity contribution < 1.29 is 42.9 Å². The van der Waals surface area contributed by atoms with Gasteiger partial charge in [0.15, 0.2) is 0 Å². The molecule has 0 saturated heterocycles. The Morgan fingerprint density at radius 3 is 1.75 bits per heavy atom. The van der Waals surface area contributed by atoms with E-state index in [9.17, 15) is 19.2 Å². The van der Waals surface area contributed by atoms with Gasteiger partial charge in [-0.2, -0.15) is 5.11 Å². The predicted octanol–water partition coefficient (Wildman–Crippen LogP) is 14.5. The second kappa shape index (κ2) is 23.0. The Labute approximate surface area is 414 Å². The maximum atomic E-state index is 13.4. The SMILES string of the molecule is C=C(C)C(=O)OCCCCCCOc1ccc(C(=O)Oc2ccc(CNc3ccc(N=Nc4ccc(C(=O)Oc5cccc6c(OC(=O)C(C)(C)C(C)(C)C)cccc56)cc4)c4ccccc34)cc2)cc1. The number of azo groups is 1. The zero-order valence-corrected chi connectivity index (χ0v) is 41.1. The van der Waals surface area contributed by atoms with Crippen LogP contribution in [0, 0.1) is 10.8 Å². The minimum Gasteiger partial charge on any atom is -0.494 e. The molecule has 7 rings (SSSR count). The van der Waals surface area contributed by atoms with E-state index in [2.05, 4.69) is 22.1 Å². The molecule has 0 aliphatic carbocycles. The van der Waals surface area contributed by atoms with Gasteiger partial charge in [0.2, 0.25) is 0 Å². The molecule has 12 heteroatoms. The molecule has 0 aliphatic heterocycles. The molecule has 0 atom stereocenters. The van der Waals surface area contributed by atoms with Gasteiger partial charge >= 0.3 is 23.9 Å². The Balaban J connectivity index is 0.892. The van der Waals surface area contributed by atoms with Crippen LogP contribution in [0.25, 0.3) is 21.5 Å². The Morgan fingerprint density at radius 2 is 1.11 bits per heavy atom. The molecule has 7 aromatic carbocycles. The highest BCUT2D eigenvalue weighted by Gasteiger charge is 2.41. The number of unbranched alkanes of at least 4 members (excludes halogenated alkanes) is 3. The zero-order valence-electron chi connectivity index (χ0n) is 41.1. The molecular formula is C59H59N3O9. The second-order valence-corrected chi connectivity index (χ2v) is 18.8. The van der Waals surface area contributed by atoms with Crippen molar-refractivity contribution in [2.75, 3.05) is 18.5 Å². The molecule has 0 saturated carbocycles. The van der Waals surface area contributed by atoms with Crippen molar-refractivity contribution in [3.05, 3.63) is 174 Å². The van der Waals surface area contributed by atoms with Crippen molar-refractivity contribution >= 4 is 62.5 Å². The summed E-state index contributed by atoms with van der Waals surface area (Å²) < 4.78 is 28.4. The number of esters is 4. The Morgan fingerprint density at radius 1 is 0.549 bits per heavy atom. The lowest BCUT2D eigenvalue weighted by molar-refractivity contribution is -0.150. The van der Waals surface area contributed by atoms with Crippen molar-refractivity contribution in [2.24, 2.45) is 21.1 Å². The molecular weight excluding hydrogens is 895 g/mol. The number of ether oxygens (including phenoxy) is 5. The molecule has 0 amide bonds. The summed E-state index contributed by atoms with van der Waals surface area (Å²) in [6.07, 6.45) is 3.53. The van der Waals surface area contributed by atoms with E-state index in [1.54, 1.807) is 91.9 Å². The number of hydrogen-bond donors (Lipinski definition) is 1. The van der Waals surface area contributed by atoms with E-state index in [0.717, 1.165) is 47.7 Å². The van der Waals surface area contributed by atoms with Crippen LogP contribution in [0.2, 0.25) is 0 Å². The van der Waals surface area contributed by atoms with Gasteiger partial charge in [0.05, 0.1) is 41.1 Å². The van der Waals surface area contributed by atoms with Crippen LogP contribution in [-0.2, 0) is 20.9 Å². The quantitative estimate of drug-likeness (QED) is 0.0257. The number of hydrogen-bond acceptors (Lipinski definition) is 12. The van der Waals surface area contributed by atoms with Crippen LogP contribution >= 0.6 is 0 Å². The van der Waals surface area contributed by atoms with E-state index in [1.165, 1.54) is 0 Å². The third-order valence-corrected chi connectivity index (χ3v) is 12.5. The molecule has 0 spiro atoms. The number of carbonyl (C=O) groups is 4. The van der Waals surface area contributed by atoms with Gasteiger partial charge in [-0.3, -0.25) is 4.79 Å². The summed E-state index contributed by atoms with van der Waals surface area (Å²) in [6, 6.07) is 43.4. The number of carbonyl (C=O) groups excluding carboxylic acids is 4. The van der Waals surface area contributed by atoms with Crippen LogP contribution in [0.3, 0.4) is 0 Å². The second-order valence-electron chi connectivity index (χ2n) is 18.8. The van der Waals surface area contributed by atoms with Gasteiger partial charge in [0.1, 0.15) is 23.0 Å². The largest absolute Gasteiger partial charge is 0.494 e. The lowest BCUT2D eigenvalue weighted by Gasteiger charge is -2.36. The lowest BCUT2D eigenvalue weighted by atomic mass is 9.69. The first-order valence-corrected chi connectivity index (χ1v) is 23.7. The summed E-state index contributed by atoms with van der Waals surface area (Å²) in [5.74, 6) is 0.124. The maximum Gasteiger partial charge on any atom is 0.343 e. The molecule has 71 heavy (non-hydrogen) atoms. The molecule has 0 fully saturated rings. The van der Waals surface area contributed by atoms with Gasteiger partial charge in [-0.25, -0.2) is 14.4 Å². The van der Waals surface area contributed by atoms with Crippen molar-refractivity contribution in [1.29, 1.82) is 0 Å². The number of rotatable bonds is 20. The monoisotopic (exact) mass is 953 g/mol. The Hall–Kier alpha value is -8.12. The van der Waals surface area contributed by atoms with Gasteiger partial charge in [-0.05, 0) is 142 Å². The van der Waals surface area contributed by atoms with Gasteiger partial charge in [-0.15, -0.1) is 5.11 Å². The molecule has 364 valence electrons. The first kappa shape index (κ1) is 50.7. The van der Waals surface area contributed by atoms with Gasteiger partial charge < -0.3 is 29.0 Å². The normalized spacial score (nSPS) is 11.6. The third kappa shape index (κ3) is 13.2. The summed E-state index contributed by atoms with van der Waals surface area (Å²) in [7, 11) is 0. The van der Waals surface area contributed by atoms with Gasteiger partial charge in [0, 0.05) is 39.4 Å². The molecule has 0 heterocycles. The maximum absolute atomic E-state index is 13.4. The summed E-state index contributed by atoms with van der Waals surface area (Å²) >= 11 is 0. The van der Waals surface area contributed by atoms with Gasteiger partial charge in [-0.1, -0.05) is 88.0 Å². The van der Waals surface area contributed by atoms with Crippen molar-refractivity contribution in [2.45, 2.75) is 73.8 Å². The molecule has 12 nitrogen and oxygen atoms in total. The highest BCUT2D eigenvalue weighted by molar-refractivity contribution is 6.01. The first-order chi connectivity index (χ1) is 34.1. The molecule has 0 radical (unpaired) electrons. The molecule has 0 bridgehead atoms. The number of nitrogens with zero attached hydrogens (tertiary/aromatic N) is 2. The van der Waals surface area contributed by atoms with E-state index in [-0.39, 0.29) is 17.4 Å². The van der Waals surface area contributed by atoms with Crippen LogP contribution < -0.4 is 24.3 Å². The Bertz CT molecular complexity index is 3060. The van der Waals surface area contributed by atoms with Crippen LogP contribution in [0.5, 0.6) is 23.0 Å². The summed E-state index contributed by atoms with van der Waals surface area (Å²) in [4.78, 5) is 50.9. The number of nitrogens with one attached hydrogen (secondary N) is 1. The Kier molecular flexibility index (Phi) is 16.4. The summed E-state index contributed by atoms with van der Waals surface area (Å²) in [6.45, 7) is 16.4. The number of fused-ring (bicyclic) bond motifs is 2. The minimum absolute atomic E-state index is 0.323. The fourth-order valence-corrected chi connectivity index (χ4v) is 7.18. The van der Waals surface area contributed by atoms with E-state index < -0.39 is 17.4 Å². The topological polar surface area (TPSA) is 151 Å². The predicted molar refractivity (Wildman–Crippen MR) is 277 cm³/mol. The first-order valence-electron chi connectivity index (χ1n) is 23.7. The van der Waals surface area contributed by atoms with Crippen LogP contribution in [-0.4, -0.2) is 37.1 Å². The standard InChI is InChI=1S/C59H59N3O9/c1-39(2)54(63)68-37-13-9-8-12-36-67-44-32-26-42(27-33-44)55(64)69-45-30-22-40(23-31-45)38-60-50-34-35-51(47-17-11-10-16-46(47)50)62-61-43-28-24-41(25-29-43)56(65)70-52-20-14-19-49-48(52)18-15-21-53(49)71-57(66)59(6,7)58(3,4)5/h10-11,14-35,60H,1,8-9,12-13,36-38H2,2-7H3.